The number of benzene rings is 2. The molecule has 1 N–H and O–H groups in total. The van der Waals surface area contributed by atoms with Crippen molar-refractivity contribution in [2.75, 3.05) is 11.6 Å². The van der Waals surface area contributed by atoms with Crippen molar-refractivity contribution in [3.05, 3.63) is 64.7 Å². The molecule has 24 heavy (non-hydrogen) atoms. The Morgan fingerprint density at radius 2 is 1.75 bits per heavy atom. The number of carbonyl (C=O) groups is 1. The van der Waals surface area contributed by atoms with Crippen LogP contribution in [0.5, 0.6) is 0 Å². The maximum absolute atomic E-state index is 11.5. The van der Waals surface area contributed by atoms with Gasteiger partial charge in [-0.05, 0) is 36.2 Å². The highest BCUT2D eigenvalue weighted by atomic mass is 32.2. The summed E-state index contributed by atoms with van der Waals surface area (Å²) >= 11 is 0. The van der Waals surface area contributed by atoms with Crippen LogP contribution < -0.4 is 5.32 Å². The van der Waals surface area contributed by atoms with E-state index in [2.05, 4.69) is 11.4 Å². The number of nitrogens with zero attached hydrogens (tertiary/aromatic N) is 1. The van der Waals surface area contributed by atoms with Gasteiger partial charge in [-0.2, -0.15) is 5.26 Å². The second-order valence-electron chi connectivity index (χ2n) is 5.67. The number of sulfone groups is 1. The van der Waals surface area contributed by atoms with Gasteiger partial charge in [-0.3, -0.25) is 4.79 Å². The number of anilines is 1. The summed E-state index contributed by atoms with van der Waals surface area (Å²) in [6.07, 6.45) is 1.20. The fourth-order valence-electron chi connectivity index (χ4n) is 2.26. The van der Waals surface area contributed by atoms with Gasteiger partial charge in [-0.15, -0.1) is 0 Å². The van der Waals surface area contributed by atoms with E-state index in [0.29, 0.717) is 23.4 Å². The van der Waals surface area contributed by atoms with Gasteiger partial charge in [-0.25, -0.2) is 8.42 Å². The largest absolute Gasteiger partial charge is 0.380 e. The van der Waals surface area contributed by atoms with Gasteiger partial charge in [0.15, 0.2) is 15.6 Å². The van der Waals surface area contributed by atoms with Gasteiger partial charge >= 0.3 is 0 Å². The molecule has 124 valence electrons. The quantitative estimate of drug-likeness (QED) is 0.816. The van der Waals surface area contributed by atoms with Crippen molar-refractivity contribution in [1.82, 2.24) is 0 Å². The SMILES string of the molecule is CC(=O)c1ccc(C#N)c(NCc2ccc(CS(C)(=O)=O)cc2)c1. The van der Waals surface area contributed by atoms with Gasteiger partial charge in [0, 0.05) is 18.4 Å². The molecule has 0 aliphatic heterocycles. The lowest BCUT2D eigenvalue weighted by molar-refractivity contribution is 0.101. The Hall–Kier alpha value is -2.65. The van der Waals surface area contributed by atoms with Crippen LogP contribution in [-0.4, -0.2) is 20.5 Å². The Morgan fingerprint density at radius 1 is 1.12 bits per heavy atom. The fraction of sp³-hybridized carbons (Fsp3) is 0.222. The second kappa shape index (κ2) is 7.28. The first-order valence-electron chi connectivity index (χ1n) is 7.33. The summed E-state index contributed by atoms with van der Waals surface area (Å²) < 4.78 is 22.6. The summed E-state index contributed by atoms with van der Waals surface area (Å²) in [5.41, 5.74) is 3.29. The average Bonchev–Trinajstić information content (AvgIpc) is 2.52. The predicted octanol–water partition coefficient (Wildman–Crippen LogP) is 2.92. The molecule has 6 heteroatoms. The number of nitrogens with one attached hydrogen (secondary N) is 1. The van der Waals surface area contributed by atoms with E-state index in [1.807, 2.05) is 12.1 Å². The zero-order valence-electron chi connectivity index (χ0n) is 13.5. The van der Waals surface area contributed by atoms with E-state index in [0.717, 1.165) is 11.1 Å². The maximum Gasteiger partial charge on any atom is 0.159 e. The summed E-state index contributed by atoms with van der Waals surface area (Å²) in [6, 6.07) is 14.2. The van der Waals surface area contributed by atoms with Crippen molar-refractivity contribution in [2.45, 2.75) is 19.2 Å². The topological polar surface area (TPSA) is 87.0 Å². The summed E-state index contributed by atoms with van der Waals surface area (Å²) in [5.74, 6) is -0.0485. The molecule has 0 heterocycles. The Morgan fingerprint density at radius 3 is 2.29 bits per heavy atom. The third-order valence-electron chi connectivity index (χ3n) is 3.48. The molecule has 0 saturated carbocycles. The number of ketones is 1. The van der Waals surface area contributed by atoms with E-state index < -0.39 is 9.84 Å². The molecule has 0 radical (unpaired) electrons. The number of nitriles is 1. The monoisotopic (exact) mass is 342 g/mol. The van der Waals surface area contributed by atoms with Crippen molar-refractivity contribution >= 4 is 21.3 Å². The van der Waals surface area contributed by atoms with Crippen LogP contribution in [0.2, 0.25) is 0 Å². The predicted molar refractivity (Wildman–Crippen MR) is 93.5 cm³/mol. The minimum atomic E-state index is -3.05. The average molecular weight is 342 g/mol. The Kier molecular flexibility index (Phi) is 5.37. The third-order valence-corrected chi connectivity index (χ3v) is 4.34. The van der Waals surface area contributed by atoms with Crippen LogP contribution in [0.4, 0.5) is 5.69 Å². The highest BCUT2D eigenvalue weighted by Crippen LogP contribution is 2.19. The van der Waals surface area contributed by atoms with Gasteiger partial charge in [0.25, 0.3) is 0 Å². The first-order chi connectivity index (χ1) is 11.3. The van der Waals surface area contributed by atoms with E-state index in [9.17, 15) is 13.2 Å². The number of hydrogen-bond acceptors (Lipinski definition) is 5. The van der Waals surface area contributed by atoms with Crippen LogP contribution in [0.15, 0.2) is 42.5 Å². The van der Waals surface area contributed by atoms with E-state index in [1.165, 1.54) is 13.2 Å². The van der Waals surface area contributed by atoms with Crippen molar-refractivity contribution < 1.29 is 13.2 Å². The zero-order valence-corrected chi connectivity index (χ0v) is 14.4. The van der Waals surface area contributed by atoms with Crippen molar-refractivity contribution in [1.29, 1.82) is 5.26 Å². The molecule has 0 aromatic heterocycles. The van der Waals surface area contributed by atoms with Gasteiger partial charge in [0.05, 0.1) is 17.0 Å². The van der Waals surface area contributed by atoms with E-state index in [4.69, 9.17) is 5.26 Å². The minimum absolute atomic E-state index is 0.0138. The molecule has 0 aliphatic carbocycles. The van der Waals surface area contributed by atoms with E-state index >= 15 is 0 Å². The first kappa shape index (κ1) is 17.7. The molecule has 0 aliphatic rings. The molecule has 0 bridgehead atoms. The molecule has 2 rings (SSSR count). The number of rotatable bonds is 6. The van der Waals surface area contributed by atoms with Crippen LogP contribution in [0.1, 0.15) is 34.0 Å². The molecule has 0 spiro atoms. The molecule has 0 saturated heterocycles. The second-order valence-corrected chi connectivity index (χ2v) is 7.81. The standard InChI is InChI=1S/C18H18N2O3S/c1-13(21)16-7-8-17(10-19)18(9-16)20-11-14-3-5-15(6-4-14)12-24(2,22)23/h3-9,20H,11-12H2,1-2H3. The molecule has 0 unspecified atom stereocenters. The molecule has 0 amide bonds. The van der Waals surface area contributed by atoms with Gasteiger partial charge < -0.3 is 5.32 Å². The van der Waals surface area contributed by atoms with Crippen LogP contribution >= 0.6 is 0 Å². The number of Topliss-reactive ketones (excluding diaryl/α,β-unsaturated/α-hetero) is 1. The number of hydrogen-bond donors (Lipinski definition) is 1. The van der Waals surface area contributed by atoms with Crippen molar-refractivity contribution in [2.24, 2.45) is 0 Å². The van der Waals surface area contributed by atoms with Crippen molar-refractivity contribution in [3.8, 4) is 6.07 Å². The highest BCUT2D eigenvalue weighted by Gasteiger charge is 2.07. The summed E-state index contributed by atoms with van der Waals surface area (Å²) in [4.78, 5) is 11.5. The van der Waals surface area contributed by atoms with Crippen LogP contribution in [0.3, 0.4) is 0 Å². The van der Waals surface area contributed by atoms with E-state index in [-0.39, 0.29) is 11.5 Å². The lowest BCUT2D eigenvalue weighted by Gasteiger charge is -2.10. The lowest BCUT2D eigenvalue weighted by atomic mass is 10.1. The first-order valence-corrected chi connectivity index (χ1v) is 9.39. The summed E-state index contributed by atoms with van der Waals surface area (Å²) in [7, 11) is -3.05. The van der Waals surface area contributed by atoms with Crippen LogP contribution in [-0.2, 0) is 22.1 Å². The molecular formula is C18H18N2O3S. The third kappa shape index (κ3) is 4.93. The normalized spacial score (nSPS) is 10.9. The van der Waals surface area contributed by atoms with Crippen LogP contribution in [0, 0.1) is 11.3 Å². The molecule has 0 atom stereocenters. The van der Waals surface area contributed by atoms with Gasteiger partial charge in [0.1, 0.15) is 6.07 Å². The Labute approximate surface area is 141 Å². The highest BCUT2D eigenvalue weighted by molar-refractivity contribution is 7.89. The van der Waals surface area contributed by atoms with Gasteiger partial charge in [-0.1, -0.05) is 24.3 Å². The molecule has 5 nitrogen and oxygen atoms in total. The Bertz CT molecular complexity index is 895. The molecule has 0 fully saturated rings. The van der Waals surface area contributed by atoms with Crippen molar-refractivity contribution in [3.63, 3.8) is 0 Å². The molecular weight excluding hydrogens is 324 g/mol. The maximum atomic E-state index is 11.5. The van der Waals surface area contributed by atoms with Crippen LogP contribution in [0.25, 0.3) is 0 Å². The van der Waals surface area contributed by atoms with E-state index in [1.54, 1.807) is 30.3 Å². The minimum Gasteiger partial charge on any atom is -0.380 e. The fourth-order valence-corrected chi connectivity index (χ4v) is 3.06. The smallest absolute Gasteiger partial charge is 0.159 e. The van der Waals surface area contributed by atoms with Gasteiger partial charge in [0.2, 0.25) is 0 Å². The summed E-state index contributed by atoms with van der Waals surface area (Å²) in [5, 5.41) is 12.3. The molecule has 2 aromatic carbocycles. The zero-order chi connectivity index (χ0) is 17.7. The Balaban J connectivity index is 2.12. The summed E-state index contributed by atoms with van der Waals surface area (Å²) in [6.45, 7) is 1.95. The number of carbonyl (C=O) groups excluding carboxylic acids is 1. The molecule has 2 aromatic rings. The lowest BCUT2D eigenvalue weighted by Crippen LogP contribution is -2.04.